The van der Waals surface area contributed by atoms with Crippen LogP contribution >= 0.6 is 15.9 Å². The molecule has 0 heterocycles. The number of anilines is 1. The third-order valence-corrected chi connectivity index (χ3v) is 4.49. The van der Waals surface area contributed by atoms with Gasteiger partial charge in [-0.1, -0.05) is 52.0 Å². The minimum atomic E-state index is -0.530. The van der Waals surface area contributed by atoms with Crippen LogP contribution < -0.4 is 10.1 Å². The number of carbonyl (C=O) groups is 1. The van der Waals surface area contributed by atoms with Gasteiger partial charge in [0.05, 0.1) is 5.69 Å². The third kappa shape index (κ3) is 4.84. The molecule has 0 aliphatic rings. The Bertz CT molecular complexity index is 690. The van der Waals surface area contributed by atoms with Crippen molar-refractivity contribution in [3.63, 3.8) is 0 Å². The van der Waals surface area contributed by atoms with Gasteiger partial charge in [0.2, 0.25) is 0 Å². The van der Waals surface area contributed by atoms with Gasteiger partial charge in [0, 0.05) is 4.47 Å². The SMILES string of the molecule is CCC(Oc1ccc(C(C)(C)C)cc1)C(=O)Nc1ccccc1Br. The highest BCUT2D eigenvalue weighted by Gasteiger charge is 2.20. The first kappa shape index (κ1) is 18.5. The lowest BCUT2D eigenvalue weighted by Gasteiger charge is -2.21. The van der Waals surface area contributed by atoms with Crippen LogP contribution in [0.5, 0.6) is 5.75 Å². The largest absolute Gasteiger partial charge is 0.481 e. The van der Waals surface area contributed by atoms with Crippen LogP contribution in [0.25, 0.3) is 0 Å². The highest BCUT2D eigenvalue weighted by molar-refractivity contribution is 9.10. The van der Waals surface area contributed by atoms with Crippen LogP contribution in [0, 0.1) is 0 Å². The average Bonchev–Trinajstić information content (AvgIpc) is 2.54. The molecule has 0 saturated carbocycles. The van der Waals surface area contributed by atoms with Crippen LogP contribution in [0.1, 0.15) is 39.7 Å². The molecule has 1 N–H and O–H groups in total. The first-order valence-corrected chi connectivity index (χ1v) is 8.93. The van der Waals surface area contributed by atoms with Crippen molar-refractivity contribution in [1.82, 2.24) is 0 Å². The predicted octanol–water partition coefficient (Wildman–Crippen LogP) is 5.54. The van der Waals surface area contributed by atoms with E-state index >= 15 is 0 Å². The molecule has 2 aromatic rings. The van der Waals surface area contributed by atoms with Crippen molar-refractivity contribution in [3.05, 3.63) is 58.6 Å². The molecule has 1 atom stereocenters. The van der Waals surface area contributed by atoms with Gasteiger partial charge < -0.3 is 10.1 Å². The number of nitrogens with one attached hydrogen (secondary N) is 1. The molecule has 1 amide bonds. The van der Waals surface area contributed by atoms with Crippen LogP contribution in [-0.2, 0) is 10.2 Å². The summed E-state index contributed by atoms with van der Waals surface area (Å²) in [4.78, 5) is 12.5. The number of para-hydroxylation sites is 1. The van der Waals surface area contributed by atoms with Gasteiger partial charge in [0.15, 0.2) is 6.10 Å². The second-order valence-corrected chi connectivity index (χ2v) is 7.61. The summed E-state index contributed by atoms with van der Waals surface area (Å²) in [6, 6.07) is 15.5. The van der Waals surface area contributed by atoms with Crippen molar-refractivity contribution >= 4 is 27.5 Å². The van der Waals surface area contributed by atoms with Gasteiger partial charge >= 0.3 is 0 Å². The zero-order chi connectivity index (χ0) is 17.7. The molecule has 3 nitrogen and oxygen atoms in total. The smallest absolute Gasteiger partial charge is 0.265 e. The van der Waals surface area contributed by atoms with E-state index in [2.05, 4.69) is 42.0 Å². The number of benzene rings is 2. The number of halogens is 1. The van der Waals surface area contributed by atoms with E-state index in [0.717, 1.165) is 10.2 Å². The monoisotopic (exact) mass is 389 g/mol. The van der Waals surface area contributed by atoms with Gasteiger partial charge in [-0.15, -0.1) is 0 Å². The van der Waals surface area contributed by atoms with Gasteiger partial charge in [-0.25, -0.2) is 0 Å². The molecule has 0 aromatic heterocycles. The number of rotatable bonds is 5. The fourth-order valence-corrected chi connectivity index (χ4v) is 2.68. The van der Waals surface area contributed by atoms with Crippen LogP contribution in [-0.4, -0.2) is 12.0 Å². The normalized spacial score (nSPS) is 12.5. The molecule has 0 radical (unpaired) electrons. The Morgan fingerprint density at radius 2 is 1.75 bits per heavy atom. The van der Waals surface area contributed by atoms with Gasteiger partial charge in [-0.05, 0) is 57.6 Å². The van der Waals surface area contributed by atoms with E-state index in [9.17, 15) is 4.79 Å². The van der Waals surface area contributed by atoms with Crippen molar-refractivity contribution in [2.75, 3.05) is 5.32 Å². The highest BCUT2D eigenvalue weighted by Crippen LogP contribution is 2.25. The molecule has 2 rings (SSSR count). The van der Waals surface area contributed by atoms with E-state index in [0.29, 0.717) is 12.2 Å². The Morgan fingerprint density at radius 1 is 1.12 bits per heavy atom. The van der Waals surface area contributed by atoms with Gasteiger partial charge in [-0.2, -0.15) is 0 Å². The molecule has 0 bridgehead atoms. The fraction of sp³-hybridized carbons (Fsp3) is 0.350. The summed E-state index contributed by atoms with van der Waals surface area (Å²) in [5.41, 5.74) is 2.08. The van der Waals surface area contributed by atoms with Gasteiger partial charge in [0.25, 0.3) is 5.91 Å². The fourth-order valence-electron chi connectivity index (χ4n) is 2.30. The second kappa shape index (κ2) is 7.84. The minimum absolute atomic E-state index is 0.0969. The first-order chi connectivity index (χ1) is 11.3. The average molecular weight is 390 g/mol. The summed E-state index contributed by atoms with van der Waals surface area (Å²) in [5, 5.41) is 2.91. The summed E-state index contributed by atoms with van der Waals surface area (Å²) < 4.78 is 6.73. The lowest BCUT2D eigenvalue weighted by Crippen LogP contribution is -2.32. The van der Waals surface area contributed by atoms with Crippen LogP contribution in [0.15, 0.2) is 53.0 Å². The van der Waals surface area contributed by atoms with Gasteiger partial charge in [0.1, 0.15) is 5.75 Å². The molecule has 0 spiro atoms. The van der Waals surface area contributed by atoms with E-state index in [1.54, 1.807) is 0 Å². The minimum Gasteiger partial charge on any atom is -0.481 e. The van der Waals surface area contributed by atoms with E-state index in [4.69, 9.17) is 4.74 Å². The Hall–Kier alpha value is -1.81. The molecule has 0 aliphatic heterocycles. The maximum Gasteiger partial charge on any atom is 0.265 e. The molecule has 0 fully saturated rings. The number of hydrogen-bond donors (Lipinski definition) is 1. The van der Waals surface area contributed by atoms with Crippen LogP contribution in [0.4, 0.5) is 5.69 Å². The van der Waals surface area contributed by atoms with E-state index in [1.807, 2.05) is 55.5 Å². The summed E-state index contributed by atoms with van der Waals surface area (Å²) in [7, 11) is 0. The second-order valence-electron chi connectivity index (χ2n) is 6.76. The maximum atomic E-state index is 12.5. The van der Waals surface area contributed by atoms with Crippen molar-refractivity contribution in [3.8, 4) is 5.75 Å². The first-order valence-electron chi connectivity index (χ1n) is 8.14. The molecular formula is C20H24BrNO2. The quantitative estimate of drug-likeness (QED) is 0.728. The number of hydrogen-bond acceptors (Lipinski definition) is 2. The van der Waals surface area contributed by atoms with E-state index < -0.39 is 6.10 Å². The topological polar surface area (TPSA) is 38.3 Å². The van der Waals surface area contributed by atoms with Crippen molar-refractivity contribution < 1.29 is 9.53 Å². The zero-order valence-corrected chi connectivity index (χ0v) is 16.2. The Morgan fingerprint density at radius 3 is 2.29 bits per heavy atom. The van der Waals surface area contributed by atoms with Crippen molar-refractivity contribution in [1.29, 1.82) is 0 Å². The lowest BCUT2D eigenvalue weighted by atomic mass is 9.87. The molecule has 1 unspecified atom stereocenters. The third-order valence-electron chi connectivity index (χ3n) is 3.79. The summed E-state index contributed by atoms with van der Waals surface area (Å²) in [5.74, 6) is 0.557. The van der Waals surface area contributed by atoms with E-state index in [1.165, 1.54) is 5.56 Å². The van der Waals surface area contributed by atoms with Crippen LogP contribution in [0.3, 0.4) is 0 Å². The molecule has 2 aromatic carbocycles. The maximum absolute atomic E-state index is 12.5. The van der Waals surface area contributed by atoms with Crippen molar-refractivity contribution in [2.45, 2.75) is 45.6 Å². The summed E-state index contributed by atoms with van der Waals surface area (Å²) >= 11 is 3.43. The Balaban J connectivity index is 2.06. The molecule has 24 heavy (non-hydrogen) atoms. The Kier molecular flexibility index (Phi) is 6.05. The zero-order valence-electron chi connectivity index (χ0n) is 14.6. The predicted molar refractivity (Wildman–Crippen MR) is 103 cm³/mol. The molecule has 4 heteroatoms. The Labute approximate surface area is 152 Å². The lowest BCUT2D eigenvalue weighted by molar-refractivity contribution is -0.122. The number of amides is 1. The standard InChI is InChI=1S/C20H24BrNO2/c1-5-18(19(23)22-17-9-7-6-8-16(17)21)24-15-12-10-14(11-13-15)20(2,3)4/h6-13,18H,5H2,1-4H3,(H,22,23). The number of ether oxygens (including phenoxy) is 1. The van der Waals surface area contributed by atoms with Crippen LogP contribution in [0.2, 0.25) is 0 Å². The molecule has 0 saturated heterocycles. The molecular weight excluding hydrogens is 366 g/mol. The number of carbonyl (C=O) groups excluding carboxylic acids is 1. The van der Waals surface area contributed by atoms with E-state index in [-0.39, 0.29) is 11.3 Å². The summed E-state index contributed by atoms with van der Waals surface area (Å²) in [6.07, 6.45) is 0.0645. The van der Waals surface area contributed by atoms with Gasteiger partial charge in [-0.3, -0.25) is 4.79 Å². The molecule has 0 aliphatic carbocycles. The highest BCUT2D eigenvalue weighted by atomic mass is 79.9. The molecule has 128 valence electrons. The summed E-state index contributed by atoms with van der Waals surface area (Å²) in [6.45, 7) is 8.45. The van der Waals surface area contributed by atoms with Crippen molar-refractivity contribution in [2.24, 2.45) is 0 Å².